The molecule has 1 aromatic rings. The third-order valence-corrected chi connectivity index (χ3v) is 5.98. The van der Waals surface area contributed by atoms with Crippen molar-refractivity contribution in [2.45, 2.75) is 18.7 Å². The lowest BCUT2D eigenvalue weighted by Crippen LogP contribution is -2.41. The van der Waals surface area contributed by atoms with Crippen molar-refractivity contribution < 1.29 is 32.3 Å². The maximum absolute atomic E-state index is 12.8. The summed E-state index contributed by atoms with van der Waals surface area (Å²) in [5.41, 5.74) is 0.472. The molecule has 0 saturated carbocycles. The highest BCUT2D eigenvalue weighted by Gasteiger charge is 2.28. The second-order valence-electron chi connectivity index (χ2n) is 5.98. The van der Waals surface area contributed by atoms with Crippen molar-refractivity contribution in [3.63, 3.8) is 0 Å². The standard InChI is InChI=1S/C17H23N3O7S/c1-3-18-17(23)19-15(21)11-27-16(22)13-5-4-12(2)14(10-13)28(24,25)20-6-8-26-9-7-20/h4-5,10H,3,6-9,11H2,1-2H3,(H2,18,19,21,23). The fourth-order valence-electron chi connectivity index (χ4n) is 2.51. The number of amides is 3. The Balaban J connectivity index is 2.08. The zero-order valence-corrected chi connectivity index (χ0v) is 16.5. The first kappa shape index (κ1) is 21.8. The molecule has 0 aliphatic carbocycles. The number of ether oxygens (including phenoxy) is 2. The lowest BCUT2D eigenvalue weighted by Gasteiger charge is -2.26. The van der Waals surface area contributed by atoms with Gasteiger partial charge in [0.05, 0.1) is 23.7 Å². The van der Waals surface area contributed by atoms with Gasteiger partial charge in [0.15, 0.2) is 6.61 Å². The van der Waals surface area contributed by atoms with Crippen LogP contribution in [0.5, 0.6) is 0 Å². The summed E-state index contributed by atoms with van der Waals surface area (Å²) in [4.78, 5) is 35.0. The van der Waals surface area contributed by atoms with E-state index < -0.39 is 34.5 Å². The van der Waals surface area contributed by atoms with Crippen molar-refractivity contribution in [1.82, 2.24) is 14.9 Å². The lowest BCUT2D eigenvalue weighted by atomic mass is 10.1. The minimum absolute atomic E-state index is 0.00405. The molecule has 0 unspecified atom stereocenters. The van der Waals surface area contributed by atoms with E-state index in [0.29, 0.717) is 25.3 Å². The van der Waals surface area contributed by atoms with Gasteiger partial charge in [0.25, 0.3) is 5.91 Å². The summed E-state index contributed by atoms with van der Waals surface area (Å²) >= 11 is 0. The van der Waals surface area contributed by atoms with E-state index in [1.54, 1.807) is 13.8 Å². The Hall–Kier alpha value is -2.50. The van der Waals surface area contributed by atoms with Crippen molar-refractivity contribution in [3.05, 3.63) is 29.3 Å². The molecule has 0 atom stereocenters. The molecule has 28 heavy (non-hydrogen) atoms. The largest absolute Gasteiger partial charge is 0.452 e. The van der Waals surface area contributed by atoms with Gasteiger partial charge in [0, 0.05) is 19.6 Å². The van der Waals surface area contributed by atoms with Crippen LogP contribution in [0.3, 0.4) is 0 Å². The molecule has 1 heterocycles. The fourth-order valence-corrected chi connectivity index (χ4v) is 4.17. The predicted octanol–water partition coefficient (Wildman–Crippen LogP) is 0.0184. The molecule has 2 rings (SSSR count). The van der Waals surface area contributed by atoms with Gasteiger partial charge in [-0.2, -0.15) is 4.31 Å². The number of carbonyl (C=O) groups is 3. The lowest BCUT2D eigenvalue weighted by molar-refractivity contribution is -0.123. The van der Waals surface area contributed by atoms with Gasteiger partial charge in [-0.3, -0.25) is 10.1 Å². The second kappa shape index (κ2) is 9.62. The molecule has 2 N–H and O–H groups in total. The van der Waals surface area contributed by atoms with Gasteiger partial charge >= 0.3 is 12.0 Å². The molecule has 1 aromatic carbocycles. The van der Waals surface area contributed by atoms with Crippen molar-refractivity contribution in [3.8, 4) is 0 Å². The Bertz CT molecular complexity index is 848. The zero-order chi connectivity index (χ0) is 20.7. The molecule has 1 aliphatic rings. The number of nitrogens with zero attached hydrogens (tertiary/aromatic N) is 1. The maximum atomic E-state index is 12.8. The van der Waals surface area contributed by atoms with Gasteiger partial charge in [0.2, 0.25) is 10.0 Å². The Morgan fingerprint density at radius 2 is 1.89 bits per heavy atom. The van der Waals surface area contributed by atoms with Crippen LogP contribution in [-0.4, -0.2) is 70.1 Å². The molecule has 0 aromatic heterocycles. The third kappa shape index (κ3) is 5.50. The predicted molar refractivity (Wildman–Crippen MR) is 98.3 cm³/mol. The van der Waals surface area contributed by atoms with E-state index in [1.165, 1.54) is 22.5 Å². The van der Waals surface area contributed by atoms with Gasteiger partial charge in [-0.25, -0.2) is 18.0 Å². The normalized spacial score (nSPS) is 14.9. The molecule has 3 amide bonds. The number of sulfonamides is 1. The van der Waals surface area contributed by atoms with Gasteiger partial charge in [0.1, 0.15) is 0 Å². The van der Waals surface area contributed by atoms with Crippen LogP contribution in [-0.2, 0) is 24.3 Å². The van der Waals surface area contributed by atoms with E-state index in [-0.39, 0.29) is 23.5 Å². The van der Waals surface area contributed by atoms with E-state index in [1.807, 2.05) is 5.32 Å². The highest BCUT2D eigenvalue weighted by Crippen LogP contribution is 2.22. The summed E-state index contributed by atoms with van der Waals surface area (Å²) in [5.74, 6) is -1.67. The highest BCUT2D eigenvalue weighted by molar-refractivity contribution is 7.89. The number of hydrogen-bond donors (Lipinski definition) is 2. The number of nitrogens with one attached hydrogen (secondary N) is 2. The fraction of sp³-hybridized carbons (Fsp3) is 0.471. The highest BCUT2D eigenvalue weighted by atomic mass is 32.2. The van der Waals surface area contributed by atoms with Crippen LogP contribution >= 0.6 is 0 Å². The van der Waals surface area contributed by atoms with Gasteiger partial charge in [-0.15, -0.1) is 0 Å². The smallest absolute Gasteiger partial charge is 0.338 e. The Morgan fingerprint density at radius 1 is 1.21 bits per heavy atom. The summed E-state index contributed by atoms with van der Waals surface area (Å²) < 4.78 is 37.0. The average Bonchev–Trinajstić information content (AvgIpc) is 2.67. The summed E-state index contributed by atoms with van der Waals surface area (Å²) in [6.45, 7) is 4.05. The minimum atomic E-state index is -3.79. The number of hydrogen-bond acceptors (Lipinski definition) is 7. The van der Waals surface area contributed by atoms with E-state index in [2.05, 4.69) is 5.32 Å². The SMILES string of the molecule is CCNC(=O)NC(=O)COC(=O)c1ccc(C)c(S(=O)(=O)N2CCOCC2)c1. The molecule has 1 aliphatic heterocycles. The number of rotatable bonds is 6. The topological polar surface area (TPSA) is 131 Å². The van der Waals surface area contributed by atoms with E-state index in [0.717, 1.165) is 0 Å². The van der Waals surface area contributed by atoms with Crippen LogP contribution in [0.15, 0.2) is 23.1 Å². The molecule has 0 bridgehead atoms. The number of esters is 1. The monoisotopic (exact) mass is 413 g/mol. The quantitative estimate of drug-likeness (QED) is 0.629. The second-order valence-corrected chi connectivity index (χ2v) is 7.89. The number of urea groups is 1. The van der Waals surface area contributed by atoms with Crippen molar-refractivity contribution in [2.24, 2.45) is 0 Å². The Labute approximate surface area is 163 Å². The van der Waals surface area contributed by atoms with E-state index in [9.17, 15) is 22.8 Å². The van der Waals surface area contributed by atoms with Crippen LogP contribution in [0.2, 0.25) is 0 Å². The summed E-state index contributed by atoms with van der Waals surface area (Å²) in [7, 11) is -3.79. The molecule has 10 nitrogen and oxygen atoms in total. The number of morpholine rings is 1. The van der Waals surface area contributed by atoms with Gasteiger partial charge < -0.3 is 14.8 Å². The molecule has 11 heteroatoms. The van der Waals surface area contributed by atoms with Crippen molar-refractivity contribution in [2.75, 3.05) is 39.5 Å². The van der Waals surface area contributed by atoms with Gasteiger partial charge in [-0.05, 0) is 31.5 Å². The molecule has 0 radical (unpaired) electrons. The number of benzene rings is 1. The van der Waals surface area contributed by atoms with Crippen LogP contribution in [0.4, 0.5) is 4.79 Å². The minimum Gasteiger partial charge on any atom is -0.452 e. The van der Waals surface area contributed by atoms with Crippen LogP contribution < -0.4 is 10.6 Å². The van der Waals surface area contributed by atoms with E-state index >= 15 is 0 Å². The molecular weight excluding hydrogens is 390 g/mol. The molecule has 1 saturated heterocycles. The van der Waals surface area contributed by atoms with Crippen LogP contribution in [0, 0.1) is 6.92 Å². The summed E-state index contributed by atoms with van der Waals surface area (Å²) in [6.07, 6.45) is 0. The number of carbonyl (C=O) groups excluding carboxylic acids is 3. The first-order chi connectivity index (χ1) is 13.3. The third-order valence-electron chi connectivity index (χ3n) is 3.94. The summed E-state index contributed by atoms with van der Waals surface area (Å²) in [5, 5.41) is 4.36. The molecule has 154 valence electrons. The van der Waals surface area contributed by atoms with Crippen LogP contribution in [0.1, 0.15) is 22.8 Å². The van der Waals surface area contributed by atoms with Crippen molar-refractivity contribution >= 4 is 27.9 Å². The first-order valence-corrected chi connectivity index (χ1v) is 10.1. The van der Waals surface area contributed by atoms with Crippen molar-refractivity contribution in [1.29, 1.82) is 0 Å². The van der Waals surface area contributed by atoms with Crippen LogP contribution in [0.25, 0.3) is 0 Å². The Kier molecular flexibility index (Phi) is 7.49. The molecule has 1 fully saturated rings. The zero-order valence-electron chi connectivity index (χ0n) is 15.7. The molecular formula is C17H23N3O7S. The Morgan fingerprint density at radius 3 is 2.54 bits per heavy atom. The summed E-state index contributed by atoms with van der Waals surface area (Å²) in [6, 6.07) is 3.44. The first-order valence-electron chi connectivity index (χ1n) is 8.69. The maximum Gasteiger partial charge on any atom is 0.338 e. The number of aryl methyl sites for hydroxylation is 1. The van der Waals surface area contributed by atoms with E-state index in [4.69, 9.17) is 9.47 Å². The number of imide groups is 1. The average molecular weight is 413 g/mol. The molecule has 0 spiro atoms. The van der Waals surface area contributed by atoms with Gasteiger partial charge in [-0.1, -0.05) is 6.07 Å².